The van der Waals surface area contributed by atoms with E-state index in [0.29, 0.717) is 18.1 Å². The van der Waals surface area contributed by atoms with E-state index in [2.05, 4.69) is 14.7 Å². The Kier molecular flexibility index (Phi) is 3.74. The first-order chi connectivity index (χ1) is 7.24. The molecule has 1 aromatic heterocycles. The zero-order valence-corrected chi connectivity index (χ0v) is 9.87. The summed E-state index contributed by atoms with van der Waals surface area (Å²) in [5.74, 6) is -1.12. The van der Waals surface area contributed by atoms with E-state index in [-0.39, 0.29) is 5.13 Å². The molecule has 0 aliphatic rings. The van der Waals surface area contributed by atoms with E-state index in [1.807, 2.05) is 0 Å². The molecule has 92 valence electrons. The standard InChI is InChI=1S/C8H12F3N3OS/c1-7(2,4-15-3)13-6-12-5(14-16-6)8(9,10)11/h4H2,1-3H3,(H,12,13,14). The maximum absolute atomic E-state index is 12.2. The van der Waals surface area contributed by atoms with Gasteiger partial charge in [-0.2, -0.15) is 22.5 Å². The van der Waals surface area contributed by atoms with Crippen molar-refractivity contribution in [1.82, 2.24) is 9.36 Å². The third-order valence-corrected chi connectivity index (χ3v) is 2.26. The minimum atomic E-state index is -4.50. The van der Waals surface area contributed by atoms with Gasteiger partial charge in [0.2, 0.25) is 11.0 Å². The zero-order valence-electron chi connectivity index (χ0n) is 9.05. The molecule has 0 amide bonds. The Labute approximate surface area is 95.0 Å². The predicted octanol–water partition coefficient (Wildman–Crippen LogP) is 2.39. The molecule has 0 radical (unpaired) electrons. The van der Waals surface area contributed by atoms with Crippen molar-refractivity contribution < 1.29 is 17.9 Å². The molecule has 0 spiro atoms. The first kappa shape index (κ1) is 13.2. The first-order valence-electron chi connectivity index (χ1n) is 4.42. The number of nitrogens with one attached hydrogen (secondary N) is 1. The van der Waals surface area contributed by atoms with Gasteiger partial charge < -0.3 is 10.1 Å². The maximum atomic E-state index is 12.2. The monoisotopic (exact) mass is 255 g/mol. The van der Waals surface area contributed by atoms with E-state index in [9.17, 15) is 13.2 Å². The molecule has 0 aromatic carbocycles. The summed E-state index contributed by atoms with van der Waals surface area (Å²) in [6, 6.07) is 0. The molecule has 1 N–H and O–H groups in total. The van der Waals surface area contributed by atoms with Gasteiger partial charge in [-0.05, 0) is 13.8 Å². The molecule has 0 saturated heterocycles. The van der Waals surface area contributed by atoms with Crippen molar-refractivity contribution in [2.75, 3.05) is 19.0 Å². The molecule has 0 aliphatic carbocycles. The lowest BCUT2D eigenvalue weighted by atomic mass is 10.1. The van der Waals surface area contributed by atoms with Gasteiger partial charge in [0.1, 0.15) is 0 Å². The van der Waals surface area contributed by atoms with Crippen LogP contribution >= 0.6 is 11.5 Å². The number of methoxy groups -OCH3 is 1. The fourth-order valence-corrected chi connectivity index (χ4v) is 1.84. The summed E-state index contributed by atoms with van der Waals surface area (Å²) in [5.41, 5.74) is -0.489. The average molecular weight is 255 g/mol. The Balaban J connectivity index is 2.73. The van der Waals surface area contributed by atoms with Crippen LogP contribution in [0.15, 0.2) is 0 Å². The summed E-state index contributed by atoms with van der Waals surface area (Å²) in [6.45, 7) is 3.95. The van der Waals surface area contributed by atoms with Gasteiger partial charge in [-0.15, -0.1) is 0 Å². The third-order valence-electron chi connectivity index (χ3n) is 1.63. The fourth-order valence-electron chi connectivity index (χ4n) is 1.08. The first-order valence-corrected chi connectivity index (χ1v) is 5.20. The molecule has 0 unspecified atom stereocenters. The molecule has 16 heavy (non-hydrogen) atoms. The summed E-state index contributed by atoms with van der Waals surface area (Å²) in [6.07, 6.45) is -4.50. The second-order valence-corrected chi connectivity index (χ2v) is 4.61. The van der Waals surface area contributed by atoms with Crippen LogP contribution in [-0.2, 0) is 10.9 Å². The highest BCUT2D eigenvalue weighted by Crippen LogP contribution is 2.29. The van der Waals surface area contributed by atoms with Crippen molar-refractivity contribution in [2.45, 2.75) is 25.6 Å². The van der Waals surface area contributed by atoms with E-state index in [1.54, 1.807) is 13.8 Å². The number of hydrogen-bond donors (Lipinski definition) is 1. The molecule has 0 atom stereocenters. The highest BCUT2D eigenvalue weighted by molar-refractivity contribution is 7.09. The number of aromatic nitrogens is 2. The topological polar surface area (TPSA) is 47.0 Å². The summed E-state index contributed by atoms with van der Waals surface area (Å²) < 4.78 is 44.8. The molecule has 0 bridgehead atoms. The lowest BCUT2D eigenvalue weighted by molar-refractivity contribution is -0.144. The highest BCUT2D eigenvalue weighted by atomic mass is 32.1. The normalized spacial score (nSPS) is 12.9. The molecule has 0 fully saturated rings. The Morgan fingerprint density at radius 1 is 1.38 bits per heavy atom. The van der Waals surface area contributed by atoms with Crippen LogP contribution in [0.1, 0.15) is 19.7 Å². The quantitative estimate of drug-likeness (QED) is 0.897. The SMILES string of the molecule is COCC(C)(C)Nc1nc(C(F)(F)F)ns1. The van der Waals surface area contributed by atoms with Crippen LogP contribution in [0.5, 0.6) is 0 Å². The summed E-state index contributed by atoms with van der Waals surface area (Å²) in [5, 5.41) is 2.97. The van der Waals surface area contributed by atoms with Gasteiger partial charge in [-0.1, -0.05) is 0 Å². The van der Waals surface area contributed by atoms with Gasteiger partial charge >= 0.3 is 6.18 Å². The molecular weight excluding hydrogens is 243 g/mol. The summed E-state index contributed by atoms with van der Waals surface area (Å²) >= 11 is 0.681. The second-order valence-electron chi connectivity index (χ2n) is 3.86. The van der Waals surface area contributed by atoms with Crippen LogP contribution in [0, 0.1) is 0 Å². The van der Waals surface area contributed by atoms with Gasteiger partial charge in [0, 0.05) is 18.6 Å². The number of anilines is 1. The molecule has 1 heterocycles. The van der Waals surface area contributed by atoms with Crippen LogP contribution in [0.3, 0.4) is 0 Å². The van der Waals surface area contributed by atoms with E-state index < -0.39 is 17.5 Å². The number of nitrogens with zero attached hydrogens (tertiary/aromatic N) is 2. The third kappa shape index (κ3) is 3.60. The molecule has 1 aromatic rings. The van der Waals surface area contributed by atoms with Crippen LogP contribution < -0.4 is 5.32 Å². The minimum absolute atomic E-state index is 0.134. The van der Waals surface area contributed by atoms with Crippen LogP contribution in [0.4, 0.5) is 18.3 Å². The average Bonchev–Trinajstić information content (AvgIpc) is 2.50. The fraction of sp³-hybridized carbons (Fsp3) is 0.750. The highest BCUT2D eigenvalue weighted by Gasteiger charge is 2.36. The lowest BCUT2D eigenvalue weighted by Crippen LogP contribution is -2.35. The van der Waals surface area contributed by atoms with Crippen LogP contribution in [-0.4, -0.2) is 28.6 Å². The number of halogens is 3. The Morgan fingerprint density at radius 2 is 2.00 bits per heavy atom. The number of alkyl halides is 3. The molecular formula is C8H12F3N3OS. The van der Waals surface area contributed by atoms with Crippen molar-refractivity contribution in [1.29, 1.82) is 0 Å². The molecule has 4 nitrogen and oxygen atoms in total. The number of hydrogen-bond acceptors (Lipinski definition) is 5. The van der Waals surface area contributed by atoms with Crippen molar-refractivity contribution in [3.05, 3.63) is 5.82 Å². The number of ether oxygens (including phenoxy) is 1. The van der Waals surface area contributed by atoms with Crippen molar-refractivity contribution in [2.24, 2.45) is 0 Å². The van der Waals surface area contributed by atoms with Gasteiger partial charge in [0.25, 0.3) is 0 Å². The van der Waals surface area contributed by atoms with Gasteiger partial charge in [-0.25, -0.2) is 0 Å². The van der Waals surface area contributed by atoms with E-state index >= 15 is 0 Å². The Hall–Kier alpha value is -0.890. The predicted molar refractivity (Wildman–Crippen MR) is 54.5 cm³/mol. The molecule has 1 rings (SSSR count). The largest absolute Gasteiger partial charge is 0.452 e. The lowest BCUT2D eigenvalue weighted by Gasteiger charge is -2.24. The Bertz CT molecular complexity index is 351. The summed E-state index contributed by atoms with van der Waals surface area (Å²) in [7, 11) is 1.52. The zero-order chi connectivity index (χ0) is 12.4. The maximum Gasteiger partial charge on any atom is 0.452 e. The van der Waals surface area contributed by atoms with E-state index in [4.69, 9.17) is 4.74 Å². The molecule has 0 aliphatic heterocycles. The van der Waals surface area contributed by atoms with E-state index in [1.165, 1.54) is 7.11 Å². The van der Waals surface area contributed by atoms with Gasteiger partial charge in [0.05, 0.1) is 12.1 Å². The van der Waals surface area contributed by atoms with Crippen molar-refractivity contribution in [3.8, 4) is 0 Å². The van der Waals surface area contributed by atoms with E-state index in [0.717, 1.165) is 0 Å². The van der Waals surface area contributed by atoms with Crippen LogP contribution in [0.25, 0.3) is 0 Å². The molecule has 8 heteroatoms. The van der Waals surface area contributed by atoms with Gasteiger partial charge in [0.15, 0.2) is 0 Å². The second kappa shape index (κ2) is 4.54. The summed E-state index contributed by atoms with van der Waals surface area (Å²) in [4.78, 5) is 3.36. The smallest absolute Gasteiger partial charge is 0.382 e. The molecule has 0 saturated carbocycles. The van der Waals surface area contributed by atoms with Crippen LogP contribution in [0.2, 0.25) is 0 Å². The minimum Gasteiger partial charge on any atom is -0.382 e. The van der Waals surface area contributed by atoms with Crippen molar-refractivity contribution >= 4 is 16.7 Å². The van der Waals surface area contributed by atoms with Gasteiger partial charge in [-0.3, -0.25) is 0 Å². The number of rotatable bonds is 4. The van der Waals surface area contributed by atoms with Crippen molar-refractivity contribution in [3.63, 3.8) is 0 Å². The Morgan fingerprint density at radius 3 is 2.44 bits per heavy atom.